The van der Waals surface area contributed by atoms with Gasteiger partial charge in [0.2, 0.25) is 0 Å². The monoisotopic (exact) mass is 196 g/mol. The Hall–Kier alpha value is -1.19. The van der Waals surface area contributed by atoms with Crippen LogP contribution in [0.3, 0.4) is 0 Å². The largest absolute Gasteiger partial charge is 0.382 e. The second-order valence-electron chi connectivity index (χ2n) is 4.26. The lowest BCUT2D eigenvalue weighted by molar-refractivity contribution is 0.504. The van der Waals surface area contributed by atoms with E-state index in [0.717, 1.165) is 12.1 Å². The van der Waals surface area contributed by atoms with Crippen LogP contribution >= 0.6 is 0 Å². The summed E-state index contributed by atoms with van der Waals surface area (Å²) < 4.78 is 0. The molecule has 0 aromatic carbocycles. The molecule has 0 aliphatic rings. The van der Waals surface area contributed by atoms with E-state index in [2.05, 4.69) is 35.9 Å². The minimum Gasteiger partial charge on any atom is -0.382 e. The van der Waals surface area contributed by atoms with Gasteiger partial charge >= 0.3 is 0 Å². The van der Waals surface area contributed by atoms with Crippen LogP contribution in [0, 0.1) is 5.92 Å². The molecule has 4 nitrogen and oxygen atoms in total. The molecule has 0 spiro atoms. The van der Waals surface area contributed by atoms with Gasteiger partial charge in [-0.1, -0.05) is 13.8 Å². The molecule has 0 aliphatic heterocycles. The Morgan fingerprint density at radius 2 is 2.14 bits per heavy atom. The van der Waals surface area contributed by atoms with E-state index in [1.165, 1.54) is 0 Å². The van der Waals surface area contributed by atoms with Gasteiger partial charge in [0.15, 0.2) is 0 Å². The number of anilines is 2. The summed E-state index contributed by atoms with van der Waals surface area (Å²) in [4.78, 5) is 2.17. The standard InChI is InChI=1S/C10H20N4/c1-7(2)5-8(3)14(4)9-6-12-13-10(9)11/h6-8H,5H2,1-4H3,(H3,11,12,13). The van der Waals surface area contributed by atoms with E-state index in [0.29, 0.717) is 17.8 Å². The number of aromatic nitrogens is 2. The van der Waals surface area contributed by atoms with Crippen molar-refractivity contribution in [2.45, 2.75) is 33.2 Å². The maximum Gasteiger partial charge on any atom is 0.142 e. The van der Waals surface area contributed by atoms with Gasteiger partial charge in [-0.3, -0.25) is 5.10 Å². The lowest BCUT2D eigenvalue weighted by Crippen LogP contribution is -2.30. The highest BCUT2D eigenvalue weighted by molar-refractivity contribution is 5.62. The van der Waals surface area contributed by atoms with Gasteiger partial charge in [-0.25, -0.2) is 0 Å². The first-order valence-electron chi connectivity index (χ1n) is 5.04. The zero-order valence-corrected chi connectivity index (χ0v) is 9.41. The van der Waals surface area contributed by atoms with E-state index >= 15 is 0 Å². The van der Waals surface area contributed by atoms with Crippen molar-refractivity contribution >= 4 is 11.5 Å². The first-order valence-corrected chi connectivity index (χ1v) is 5.04. The molecule has 14 heavy (non-hydrogen) atoms. The van der Waals surface area contributed by atoms with Crippen LogP contribution in [0.25, 0.3) is 0 Å². The minimum absolute atomic E-state index is 0.481. The van der Waals surface area contributed by atoms with Crippen molar-refractivity contribution in [3.05, 3.63) is 6.20 Å². The zero-order chi connectivity index (χ0) is 10.7. The minimum atomic E-state index is 0.481. The summed E-state index contributed by atoms with van der Waals surface area (Å²) >= 11 is 0. The maximum atomic E-state index is 5.75. The molecule has 80 valence electrons. The molecule has 1 heterocycles. The van der Waals surface area contributed by atoms with Crippen molar-refractivity contribution in [3.63, 3.8) is 0 Å². The van der Waals surface area contributed by atoms with Crippen LogP contribution in [0.4, 0.5) is 11.5 Å². The van der Waals surface area contributed by atoms with Crippen molar-refractivity contribution < 1.29 is 0 Å². The second-order valence-corrected chi connectivity index (χ2v) is 4.26. The fourth-order valence-corrected chi connectivity index (χ4v) is 1.65. The number of rotatable bonds is 4. The highest BCUT2D eigenvalue weighted by atomic mass is 15.2. The predicted octanol–water partition coefficient (Wildman–Crippen LogP) is 1.86. The van der Waals surface area contributed by atoms with Crippen LogP contribution in [0.2, 0.25) is 0 Å². The Morgan fingerprint density at radius 1 is 1.50 bits per heavy atom. The zero-order valence-electron chi connectivity index (χ0n) is 9.41. The van der Waals surface area contributed by atoms with E-state index < -0.39 is 0 Å². The Bertz CT molecular complexity index is 279. The Kier molecular flexibility index (Phi) is 3.38. The predicted molar refractivity (Wildman–Crippen MR) is 60.3 cm³/mol. The van der Waals surface area contributed by atoms with Gasteiger partial charge in [-0.05, 0) is 19.3 Å². The van der Waals surface area contributed by atoms with E-state index in [9.17, 15) is 0 Å². The average Bonchev–Trinajstić information content (AvgIpc) is 2.48. The molecule has 3 N–H and O–H groups in total. The molecule has 0 aliphatic carbocycles. The van der Waals surface area contributed by atoms with Crippen LogP contribution < -0.4 is 10.6 Å². The summed E-state index contributed by atoms with van der Waals surface area (Å²) in [6.07, 6.45) is 2.92. The second kappa shape index (κ2) is 4.35. The molecular weight excluding hydrogens is 176 g/mol. The van der Waals surface area contributed by atoms with E-state index in [4.69, 9.17) is 5.73 Å². The highest BCUT2D eigenvalue weighted by Crippen LogP contribution is 2.22. The van der Waals surface area contributed by atoms with E-state index in [1.54, 1.807) is 6.20 Å². The molecule has 0 saturated carbocycles. The van der Waals surface area contributed by atoms with Gasteiger partial charge < -0.3 is 10.6 Å². The van der Waals surface area contributed by atoms with Crippen LogP contribution in [0.5, 0.6) is 0 Å². The number of H-pyrrole nitrogens is 1. The van der Waals surface area contributed by atoms with Crippen molar-refractivity contribution in [2.75, 3.05) is 17.7 Å². The molecule has 0 amide bonds. The molecule has 1 aromatic rings. The van der Waals surface area contributed by atoms with Gasteiger partial charge in [-0.2, -0.15) is 5.10 Å². The van der Waals surface area contributed by atoms with Gasteiger partial charge in [-0.15, -0.1) is 0 Å². The van der Waals surface area contributed by atoms with Gasteiger partial charge in [0, 0.05) is 13.1 Å². The topological polar surface area (TPSA) is 57.9 Å². The fourth-order valence-electron chi connectivity index (χ4n) is 1.65. The first kappa shape index (κ1) is 10.9. The van der Waals surface area contributed by atoms with Gasteiger partial charge in [0.05, 0.1) is 11.9 Å². The number of hydrogen-bond donors (Lipinski definition) is 2. The Morgan fingerprint density at radius 3 is 2.57 bits per heavy atom. The molecule has 1 rings (SSSR count). The lowest BCUT2D eigenvalue weighted by atomic mass is 10.0. The third-order valence-corrected chi connectivity index (χ3v) is 2.50. The molecule has 1 atom stereocenters. The van der Waals surface area contributed by atoms with Crippen molar-refractivity contribution in [1.82, 2.24) is 10.2 Å². The summed E-state index contributed by atoms with van der Waals surface area (Å²) in [6.45, 7) is 6.65. The summed E-state index contributed by atoms with van der Waals surface area (Å²) in [7, 11) is 2.05. The number of nitrogens with zero attached hydrogens (tertiary/aromatic N) is 2. The number of hydrogen-bond acceptors (Lipinski definition) is 3. The average molecular weight is 196 g/mol. The van der Waals surface area contributed by atoms with E-state index in [1.807, 2.05) is 7.05 Å². The smallest absolute Gasteiger partial charge is 0.142 e. The Balaban J connectivity index is 2.65. The van der Waals surface area contributed by atoms with E-state index in [-0.39, 0.29) is 0 Å². The lowest BCUT2D eigenvalue weighted by Gasteiger charge is -2.27. The first-order chi connectivity index (χ1) is 6.52. The molecule has 0 fully saturated rings. The number of aromatic amines is 1. The third kappa shape index (κ3) is 2.40. The molecule has 4 heteroatoms. The van der Waals surface area contributed by atoms with Crippen LogP contribution in [0.15, 0.2) is 6.20 Å². The summed E-state index contributed by atoms with van der Waals surface area (Å²) in [5.41, 5.74) is 6.73. The normalized spacial score (nSPS) is 13.2. The molecule has 0 bridgehead atoms. The van der Waals surface area contributed by atoms with Gasteiger partial charge in [0.25, 0.3) is 0 Å². The van der Waals surface area contributed by atoms with Crippen LogP contribution in [-0.4, -0.2) is 23.3 Å². The van der Waals surface area contributed by atoms with Crippen molar-refractivity contribution in [1.29, 1.82) is 0 Å². The van der Waals surface area contributed by atoms with Crippen LogP contribution in [0.1, 0.15) is 27.2 Å². The molecule has 0 radical (unpaired) electrons. The highest BCUT2D eigenvalue weighted by Gasteiger charge is 2.14. The number of nitrogen functional groups attached to an aromatic ring is 1. The van der Waals surface area contributed by atoms with Crippen molar-refractivity contribution in [2.24, 2.45) is 5.92 Å². The summed E-state index contributed by atoms with van der Waals surface area (Å²) in [5.74, 6) is 1.34. The number of nitrogens with one attached hydrogen (secondary N) is 1. The third-order valence-electron chi connectivity index (χ3n) is 2.50. The van der Waals surface area contributed by atoms with Crippen LogP contribution in [-0.2, 0) is 0 Å². The molecule has 1 unspecified atom stereocenters. The summed E-state index contributed by atoms with van der Waals surface area (Å²) in [5, 5.41) is 6.66. The SMILES string of the molecule is CC(C)CC(C)N(C)c1cn[nH]c1N. The quantitative estimate of drug-likeness (QED) is 0.772. The Labute approximate surface area is 85.5 Å². The summed E-state index contributed by atoms with van der Waals surface area (Å²) in [6, 6.07) is 0.481. The maximum absolute atomic E-state index is 5.75. The fraction of sp³-hybridized carbons (Fsp3) is 0.700. The van der Waals surface area contributed by atoms with Gasteiger partial charge in [0.1, 0.15) is 5.82 Å². The molecule has 0 saturated heterocycles. The number of nitrogens with two attached hydrogens (primary N) is 1. The van der Waals surface area contributed by atoms with Crippen molar-refractivity contribution in [3.8, 4) is 0 Å². The molecular formula is C10H20N4. The molecule has 1 aromatic heterocycles.